The van der Waals surface area contributed by atoms with Gasteiger partial charge in [0.05, 0.1) is 12.0 Å². The van der Waals surface area contributed by atoms with E-state index in [0.29, 0.717) is 23.9 Å². The summed E-state index contributed by atoms with van der Waals surface area (Å²) in [6.45, 7) is 4.96. The van der Waals surface area contributed by atoms with Gasteiger partial charge in [0.2, 0.25) is 0 Å². The molecule has 126 valence electrons. The number of benzene rings is 1. The number of hydrogen-bond acceptors (Lipinski definition) is 2. The van der Waals surface area contributed by atoms with Crippen molar-refractivity contribution in [3.63, 3.8) is 0 Å². The molecule has 0 bridgehead atoms. The van der Waals surface area contributed by atoms with Crippen LogP contribution in [-0.2, 0) is 4.79 Å². The van der Waals surface area contributed by atoms with Crippen LogP contribution in [0.1, 0.15) is 38.3 Å². The molecule has 1 aliphatic rings. The first kappa shape index (κ1) is 17.6. The summed E-state index contributed by atoms with van der Waals surface area (Å²) in [5.74, 6) is -0.877. The topological polar surface area (TPSA) is 69.6 Å². The van der Waals surface area contributed by atoms with Gasteiger partial charge in [0.25, 0.3) is 0 Å². The number of hydrogen-bond donors (Lipinski definition) is 2. The van der Waals surface area contributed by atoms with Gasteiger partial charge in [-0.15, -0.1) is 0 Å². The minimum atomic E-state index is -0.836. The number of nitrogens with zero attached hydrogens (tertiary/aromatic N) is 1. The maximum absolute atomic E-state index is 12.4. The van der Waals surface area contributed by atoms with E-state index >= 15 is 0 Å². The highest BCUT2D eigenvalue weighted by Gasteiger charge is 2.31. The van der Waals surface area contributed by atoms with Crippen LogP contribution in [-0.4, -0.2) is 35.1 Å². The van der Waals surface area contributed by atoms with Crippen LogP contribution in [0.25, 0.3) is 0 Å². The van der Waals surface area contributed by atoms with Crippen molar-refractivity contribution in [2.24, 2.45) is 11.8 Å². The van der Waals surface area contributed by atoms with E-state index < -0.39 is 11.9 Å². The molecule has 2 unspecified atom stereocenters. The molecule has 0 radical (unpaired) electrons. The Bertz CT molecular complexity index is 559. The predicted molar refractivity (Wildman–Crippen MR) is 89.5 cm³/mol. The van der Waals surface area contributed by atoms with Crippen LogP contribution < -0.4 is 5.32 Å². The molecule has 1 saturated heterocycles. The molecule has 0 spiro atoms. The summed E-state index contributed by atoms with van der Waals surface area (Å²) in [5, 5.41) is 12.7. The lowest BCUT2D eigenvalue weighted by Crippen LogP contribution is -2.41. The normalized spacial score (nSPS) is 19.0. The molecule has 1 fully saturated rings. The largest absolute Gasteiger partial charge is 0.481 e. The number of carboxylic acids is 1. The van der Waals surface area contributed by atoms with Gasteiger partial charge in [0.1, 0.15) is 0 Å². The van der Waals surface area contributed by atoms with E-state index in [1.165, 1.54) is 0 Å². The summed E-state index contributed by atoms with van der Waals surface area (Å²) in [6.07, 6.45) is 1.32. The third-order valence-corrected chi connectivity index (χ3v) is 4.35. The first-order valence-electron chi connectivity index (χ1n) is 7.90. The number of halogens is 1. The number of nitrogens with one attached hydrogen (secondary N) is 1. The van der Waals surface area contributed by atoms with Crippen molar-refractivity contribution < 1.29 is 14.7 Å². The zero-order valence-electron chi connectivity index (χ0n) is 13.5. The Balaban J connectivity index is 2.04. The smallest absolute Gasteiger partial charge is 0.317 e. The Morgan fingerprint density at radius 2 is 2.00 bits per heavy atom. The zero-order chi connectivity index (χ0) is 17.0. The lowest BCUT2D eigenvalue weighted by molar-refractivity contribution is -0.141. The van der Waals surface area contributed by atoms with Gasteiger partial charge < -0.3 is 15.3 Å². The van der Waals surface area contributed by atoms with Crippen molar-refractivity contribution >= 4 is 23.6 Å². The van der Waals surface area contributed by atoms with Gasteiger partial charge in [0, 0.05) is 18.1 Å². The van der Waals surface area contributed by atoms with E-state index in [9.17, 15) is 9.59 Å². The summed E-state index contributed by atoms with van der Waals surface area (Å²) in [4.78, 5) is 25.0. The van der Waals surface area contributed by atoms with Crippen LogP contribution in [0.3, 0.4) is 0 Å². The lowest BCUT2D eigenvalue weighted by atomic mass is 9.97. The molecule has 2 rings (SSSR count). The Kier molecular flexibility index (Phi) is 5.88. The van der Waals surface area contributed by atoms with E-state index in [1.54, 1.807) is 4.90 Å². The molecule has 6 heteroatoms. The standard InChI is InChI=1S/C17H23ClN2O3/c1-11(2)9-15(12-3-5-14(18)6-4-12)19-17(23)20-8-7-13(10-20)16(21)22/h3-6,11,13,15H,7-10H2,1-2H3,(H,19,23)(H,21,22). The van der Waals surface area contributed by atoms with E-state index in [0.717, 1.165) is 12.0 Å². The number of likely N-dealkylation sites (tertiary alicyclic amines) is 1. The third kappa shape index (κ3) is 4.86. The molecule has 23 heavy (non-hydrogen) atoms. The molecule has 0 aliphatic carbocycles. The number of carbonyl (C=O) groups is 2. The van der Waals surface area contributed by atoms with Crippen molar-refractivity contribution in [3.05, 3.63) is 34.9 Å². The second kappa shape index (κ2) is 7.68. The van der Waals surface area contributed by atoms with Crippen LogP contribution >= 0.6 is 11.6 Å². The van der Waals surface area contributed by atoms with Crippen LogP contribution in [0, 0.1) is 11.8 Å². The van der Waals surface area contributed by atoms with E-state index in [-0.39, 0.29) is 18.6 Å². The Morgan fingerprint density at radius 1 is 1.35 bits per heavy atom. The third-order valence-electron chi connectivity index (χ3n) is 4.10. The summed E-state index contributed by atoms with van der Waals surface area (Å²) in [6, 6.07) is 7.15. The molecule has 1 aromatic rings. The van der Waals surface area contributed by atoms with Gasteiger partial charge in [0.15, 0.2) is 0 Å². The fourth-order valence-corrected chi connectivity index (χ4v) is 2.96. The number of carboxylic acid groups (broad SMARTS) is 1. The van der Waals surface area contributed by atoms with Gasteiger partial charge in [-0.3, -0.25) is 4.79 Å². The maximum atomic E-state index is 12.4. The second-order valence-corrected chi connectivity index (χ2v) is 6.89. The minimum absolute atomic E-state index is 0.108. The maximum Gasteiger partial charge on any atom is 0.317 e. The highest BCUT2D eigenvalue weighted by Crippen LogP contribution is 2.24. The number of urea groups is 1. The summed E-state index contributed by atoms with van der Waals surface area (Å²) >= 11 is 5.93. The first-order valence-corrected chi connectivity index (χ1v) is 8.28. The van der Waals surface area contributed by atoms with Crippen LogP contribution in [0.2, 0.25) is 5.02 Å². The fraction of sp³-hybridized carbons (Fsp3) is 0.529. The van der Waals surface area contributed by atoms with Crippen molar-refractivity contribution in [2.75, 3.05) is 13.1 Å². The molecule has 2 N–H and O–H groups in total. The highest BCUT2D eigenvalue weighted by atomic mass is 35.5. The van der Waals surface area contributed by atoms with Gasteiger partial charge in [-0.2, -0.15) is 0 Å². The molecular weight excluding hydrogens is 316 g/mol. The molecule has 0 aromatic heterocycles. The van der Waals surface area contributed by atoms with E-state index in [2.05, 4.69) is 19.2 Å². The number of carbonyl (C=O) groups excluding carboxylic acids is 1. The Hall–Kier alpha value is -1.75. The minimum Gasteiger partial charge on any atom is -0.481 e. The van der Waals surface area contributed by atoms with Gasteiger partial charge >= 0.3 is 12.0 Å². The summed E-state index contributed by atoms with van der Waals surface area (Å²) in [5.41, 5.74) is 1.01. The number of rotatable bonds is 5. The second-order valence-electron chi connectivity index (χ2n) is 6.45. The van der Waals surface area contributed by atoms with Crippen molar-refractivity contribution in [1.82, 2.24) is 10.2 Å². The van der Waals surface area contributed by atoms with E-state index in [4.69, 9.17) is 16.7 Å². The van der Waals surface area contributed by atoms with Gasteiger partial charge in [-0.1, -0.05) is 37.6 Å². The summed E-state index contributed by atoms with van der Waals surface area (Å²) in [7, 11) is 0. The number of aliphatic carboxylic acids is 1. The van der Waals surface area contributed by atoms with Gasteiger partial charge in [-0.05, 0) is 36.5 Å². The molecule has 1 aromatic carbocycles. The molecular formula is C17H23ClN2O3. The van der Waals surface area contributed by atoms with Crippen molar-refractivity contribution in [1.29, 1.82) is 0 Å². The lowest BCUT2D eigenvalue weighted by Gasteiger charge is -2.25. The van der Waals surface area contributed by atoms with E-state index in [1.807, 2.05) is 24.3 Å². The number of amides is 2. The molecule has 0 saturated carbocycles. The van der Waals surface area contributed by atoms with Gasteiger partial charge in [-0.25, -0.2) is 4.79 Å². The first-order chi connectivity index (χ1) is 10.9. The molecule has 2 amide bonds. The zero-order valence-corrected chi connectivity index (χ0v) is 14.2. The van der Waals surface area contributed by atoms with Crippen LogP contribution in [0.5, 0.6) is 0 Å². The van der Waals surface area contributed by atoms with Crippen molar-refractivity contribution in [3.8, 4) is 0 Å². The Labute approximate surface area is 141 Å². The summed E-state index contributed by atoms with van der Waals surface area (Å²) < 4.78 is 0. The van der Waals surface area contributed by atoms with Crippen LogP contribution in [0.4, 0.5) is 4.79 Å². The average Bonchev–Trinajstić information content (AvgIpc) is 2.97. The predicted octanol–water partition coefficient (Wildman–Crippen LogP) is 3.54. The van der Waals surface area contributed by atoms with Crippen molar-refractivity contribution in [2.45, 2.75) is 32.7 Å². The monoisotopic (exact) mass is 338 g/mol. The SMILES string of the molecule is CC(C)CC(NC(=O)N1CCC(C(=O)O)C1)c1ccc(Cl)cc1. The average molecular weight is 339 g/mol. The highest BCUT2D eigenvalue weighted by molar-refractivity contribution is 6.30. The molecule has 2 atom stereocenters. The Morgan fingerprint density at radius 3 is 2.52 bits per heavy atom. The van der Waals surface area contributed by atoms with Crippen LogP contribution in [0.15, 0.2) is 24.3 Å². The fourth-order valence-electron chi connectivity index (χ4n) is 2.83. The quantitative estimate of drug-likeness (QED) is 0.862. The molecule has 1 heterocycles. The molecule has 1 aliphatic heterocycles. The molecule has 5 nitrogen and oxygen atoms in total.